The number of aromatic nitrogens is 1. The number of hydrogen-bond acceptors (Lipinski definition) is 4. The zero-order chi connectivity index (χ0) is 17.0. The summed E-state index contributed by atoms with van der Waals surface area (Å²) in [5.41, 5.74) is 1.48. The second kappa shape index (κ2) is 6.90. The number of halogens is 2. The number of hydrazine groups is 1. The van der Waals surface area contributed by atoms with Gasteiger partial charge in [-0.1, -0.05) is 17.7 Å². The monoisotopic (exact) mass is 359 g/mol. The molecule has 0 unspecified atom stereocenters. The van der Waals surface area contributed by atoms with Gasteiger partial charge >= 0.3 is 0 Å². The molecule has 0 atom stereocenters. The lowest BCUT2D eigenvalue weighted by atomic mass is 10.3. The summed E-state index contributed by atoms with van der Waals surface area (Å²) in [4.78, 5) is 24.2. The molecule has 23 heavy (non-hydrogen) atoms. The molecule has 1 aromatic heterocycles. The van der Waals surface area contributed by atoms with Gasteiger partial charge in [-0.05, 0) is 24.3 Å². The summed E-state index contributed by atoms with van der Waals surface area (Å²) in [6.45, 7) is -0.398. The van der Waals surface area contributed by atoms with Crippen LogP contribution in [0.5, 0.6) is 0 Å². The molecule has 0 radical (unpaired) electrons. The Morgan fingerprint density at radius 1 is 1.26 bits per heavy atom. The van der Waals surface area contributed by atoms with Crippen LogP contribution in [0.2, 0.25) is 5.02 Å². The molecule has 0 spiro atoms. The molecule has 10 heteroatoms. The molecular formula is C13H11ClFN3O4S. The van der Waals surface area contributed by atoms with Gasteiger partial charge in [0.1, 0.15) is 17.3 Å². The number of nitrogens with one attached hydrogen (secondary N) is 2. The van der Waals surface area contributed by atoms with Crippen LogP contribution in [0.1, 0.15) is 0 Å². The summed E-state index contributed by atoms with van der Waals surface area (Å²) in [5.74, 6) is -1.85. The summed E-state index contributed by atoms with van der Waals surface area (Å²) < 4.78 is 38.5. The average Bonchev–Trinajstić information content (AvgIpc) is 2.47. The van der Waals surface area contributed by atoms with E-state index in [1.165, 1.54) is 24.4 Å². The zero-order valence-corrected chi connectivity index (χ0v) is 13.1. The number of sulfonamides is 1. The predicted octanol–water partition coefficient (Wildman–Crippen LogP) is 0.651. The van der Waals surface area contributed by atoms with Crippen molar-refractivity contribution in [3.63, 3.8) is 0 Å². The Bertz CT molecular complexity index is 898. The first-order valence-corrected chi connectivity index (χ1v) is 8.07. The standard InChI is InChI=1S/C13H11ClFN3O4S/c14-9-4-5-11(10(15)7-9)23(21,22)17-16-12(19)8-18-6-2-1-3-13(18)20/h1-7,17H,8H2,(H,16,19). The Labute approximate surface area is 135 Å². The van der Waals surface area contributed by atoms with E-state index in [1.54, 1.807) is 10.9 Å². The van der Waals surface area contributed by atoms with E-state index in [1.807, 2.05) is 5.43 Å². The van der Waals surface area contributed by atoms with E-state index >= 15 is 0 Å². The van der Waals surface area contributed by atoms with E-state index < -0.39 is 38.7 Å². The third-order valence-electron chi connectivity index (χ3n) is 2.72. The molecule has 2 aromatic rings. The van der Waals surface area contributed by atoms with Crippen molar-refractivity contribution in [3.05, 3.63) is 63.8 Å². The maximum atomic E-state index is 13.6. The molecule has 2 rings (SSSR count). The van der Waals surface area contributed by atoms with Crippen LogP contribution in [0.25, 0.3) is 0 Å². The zero-order valence-electron chi connectivity index (χ0n) is 11.5. The summed E-state index contributed by atoms with van der Waals surface area (Å²) >= 11 is 5.54. The average molecular weight is 360 g/mol. The number of carbonyl (C=O) groups excluding carboxylic acids is 1. The Kier molecular flexibility index (Phi) is 5.14. The first-order valence-electron chi connectivity index (χ1n) is 6.21. The summed E-state index contributed by atoms with van der Waals surface area (Å²) in [6.07, 6.45) is 1.37. The lowest BCUT2D eigenvalue weighted by Gasteiger charge is -2.10. The van der Waals surface area contributed by atoms with Gasteiger partial charge in [-0.15, -0.1) is 4.83 Å². The van der Waals surface area contributed by atoms with Crippen molar-refractivity contribution < 1.29 is 17.6 Å². The van der Waals surface area contributed by atoms with Gasteiger partial charge in [0.2, 0.25) is 0 Å². The molecule has 7 nitrogen and oxygen atoms in total. The van der Waals surface area contributed by atoms with Crippen LogP contribution in [-0.2, 0) is 21.4 Å². The fourth-order valence-electron chi connectivity index (χ4n) is 1.66. The van der Waals surface area contributed by atoms with E-state index in [4.69, 9.17) is 11.6 Å². The van der Waals surface area contributed by atoms with Gasteiger partial charge in [0, 0.05) is 17.3 Å². The number of hydrogen-bond donors (Lipinski definition) is 2. The molecule has 0 fully saturated rings. The van der Waals surface area contributed by atoms with Crippen molar-refractivity contribution in [1.82, 2.24) is 14.8 Å². The molecule has 2 N–H and O–H groups in total. The topological polar surface area (TPSA) is 97.3 Å². The van der Waals surface area contributed by atoms with Crippen molar-refractivity contribution in [2.75, 3.05) is 0 Å². The van der Waals surface area contributed by atoms with Crippen molar-refractivity contribution in [3.8, 4) is 0 Å². The molecule has 0 aliphatic heterocycles. The third-order valence-corrected chi connectivity index (χ3v) is 4.24. The van der Waals surface area contributed by atoms with Gasteiger partial charge < -0.3 is 4.57 Å². The number of carbonyl (C=O) groups is 1. The van der Waals surface area contributed by atoms with E-state index in [-0.39, 0.29) is 5.02 Å². The highest BCUT2D eigenvalue weighted by Gasteiger charge is 2.20. The van der Waals surface area contributed by atoms with Crippen LogP contribution < -0.4 is 15.8 Å². The highest BCUT2D eigenvalue weighted by Crippen LogP contribution is 2.18. The van der Waals surface area contributed by atoms with Gasteiger partial charge in [0.25, 0.3) is 21.5 Å². The summed E-state index contributed by atoms with van der Waals surface area (Å²) in [5, 5.41) is 0.0361. The van der Waals surface area contributed by atoms with Crippen LogP contribution in [-0.4, -0.2) is 18.9 Å². The van der Waals surface area contributed by atoms with Gasteiger partial charge in [0.05, 0.1) is 0 Å². The smallest absolute Gasteiger partial charge is 0.260 e. The molecule has 0 aliphatic rings. The van der Waals surface area contributed by atoms with E-state index in [0.29, 0.717) is 0 Å². The Hall–Kier alpha value is -2.23. The van der Waals surface area contributed by atoms with Crippen LogP contribution in [0.4, 0.5) is 4.39 Å². The maximum Gasteiger partial charge on any atom is 0.260 e. The second-order valence-electron chi connectivity index (χ2n) is 4.40. The maximum absolute atomic E-state index is 13.6. The Balaban J connectivity index is 2.06. The van der Waals surface area contributed by atoms with Gasteiger partial charge in [-0.3, -0.25) is 15.0 Å². The molecule has 1 heterocycles. The summed E-state index contributed by atoms with van der Waals surface area (Å²) in [7, 11) is -4.31. The molecular weight excluding hydrogens is 349 g/mol. The number of pyridine rings is 1. The van der Waals surface area contributed by atoms with Crippen LogP contribution >= 0.6 is 11.6 Å². The molecule has 0 saturated carbocycles. The second-order valence-corrected chi connectivity index (χ2v) is 6.48. The lowest BCUT2D eigenvalue weighted by Crippen LogP contribution is -2.44. The molecule has 0 aliphatic carbocycles. The van der Waals surface area contributed by atoms with Crippen molar-refractivity contribution in [2.45, 2.75) is 11.4 Å². The van der Waals surface area contributed by atoms with Crippen molar-refractivity contribution >= 4 is 27.5 Å². The van der Waals surface area contributed by atoms with Crippen LogP contribution in [0, 0.1) is 5.82 Å². The van der Waals surface area contributed by atoms with E-state index in [2.05, 4.69) is 0 Å². The molecule has 1 amide bonds. The number of benzene rings is 1. The molecule has 0 bridgehead atoms. The third kappa shape index (κ3) is 4.38. The fraction of sp³-hybridized carbons (Fsp3) is 0.0769. The minimum Gasteiger partial charge on any atom is -0.306 e. The Morgan fingerprint density at radius 2 is 2.00 bits per heavy atom. The largest absolute Gasteiger partial charge is 0.306 e. The first kappa shape index (κ1) is 17.1. The first-order chi connectivity index (χ1) is 10.8. The SMILES string of the molecule is O=C(Cn1ccccc1=O)NNS(=O)(=O)c1ccc(Cl)cc1F. The molecule has 0 saturated heterocycles. The van der Waals surface area contributed by atoms with Gasteiger partial charge in [0.15, 0.2) is 0 Å². The normalized spacial score (nSPS) is 11.2. The van der Waals surface area contributed by atoms with E-state index in [9.17, 15) is 22.4 Å². The Morgan fingerprint density at radius 3 is 2.65 bits per heavy atom. The minimum atomic E-state index is -4.31. The molecule has 122 valence electrons. The molecule has 1 aromatic carbocycles. The predicted molar refractivity (Wildman–Crippen MR) is 80.6 cm³/mol. The van der Waals surface area contributed by atoms with Gasteiger partial charge in [-0.25, -0.2) is 12.8 Å². The van der Waals surface area contributed by atoms with E-state index in [0.717, 1.165) is 16.7 Å². The quantitative estimate of drug-likeness (QED) is 0.766. The summed E-state index contributed by atoms with van der Waals surface area (Å²) in [6, 6.07) is 7.30. The fourth-order valence-corrected chi connectivity index (χ4v) is 2.74. The minimum absolute atomic E-state index is 0.0361. The highest BCUT2D eigenvalue weighted by atomic mass is 35.5. The van der Waals surface area contributed by atoms with Crippen molar-refractivity contribution in [2.24, 2.45) is 0 Å². The van der Waals surface area contributed by atoms with Crippen LogP contribution in [0.15, 0.2) is 52.3 Å². The highest BCUT2D eigenvalue weighted by molar-refractivity contribution is 7.89. The van der Waals surface area contributed by atoms with Gasteiger partial charge in [-0.2, -0.15) is 0 Å². The number of rotatable bonds is 5. The van der Waals surface area contributed by atoms with Crippen LogP contribution in [0.3, 0.4) is 0 Å². The number of nitrogens with zero attached hydrogens (tertiary/aromatic N) is 1. The van der Waals surface area contributed by atoms with Crippen molar-refractivity contribution in [1.29, 1.82) is 0 Å². The number of amides is 1. The lowest BCUT2D eigenvalue weighted by molar-refractivity contribution is -0.122.